The Bertz CT molecular complexity index is 4240. The van der Waals surface area contributed by atoms with Gasteiger partial charge >= 0.3 is 0 Å². The van der Waals surface area contributed by atoms with Crippen LogP contribution in [0.1, 0.15) is 27.8 Å². The Balaban J connectivity index is 0.860. The largest absolute Gasteiger partial charge is 0.0714 e. The van der Waals surface area contributed by atoms with Crippen molar-refractivity contribution < 1.29 is 0 Å². The van der Waals surface area contributed by atoms with Gasteiger partial charge in [-0.15, -0.1) is 0 Å². The number of hydrogen-bond donors (Lipinski definition) is 0. The second kappa shape index (κ2) is 18.4. The maximum absolute atomic E-state index is 2.49. The minimum absolute atomic E-state index is 0.581. The normalized spacial score (nSPS) is 12.5. The van der Waals surface area contributed by atoms with E-state index in [1.54, 1.807) is 0 Å². The molecule has 15 rings (SSSR count). The highest BCUT2D eigenvalue weighted by Gasteiger charge is 2.46. The average molecular weight is 989 g/mol. The molecule has 0 heteroatoms. The minimum atomic E-state index is -0.581. The highest BCUT2D eigenvalue weighted by atomic mass is 14.5. The third-order valence-electron chi connectivity index (χ3n) is 16.8. The lowest BCUT2D eigenvalue weighted by molar-refractivity contribution is 0.768. The fourth-order valence-corrected chi connectivity index (χ4v) is 13.3. The first-order chi connectivity index (χ1) is 38.6. The van der Waals surface area contributed by atoms with E-state index in [1.165, 1.54) is 149 Å². The van der Waals surface area contributed by atoms with E-state index in [2.05, 4.69) is 304 Å². The SMILES string of the molecule is Cc1ccc(C2(c3ccccc3)c3cc(-c4ccc(-c5c6ccccc6c(-c6ccccc6)c6ccccc56)cc4)ccc3-c3ccc(-c4ccc(-c5c6ccccc6c(-c6ccccc6)c6ccccc56)cc4)cc32)cc1. The topological polar surface area (TPSA) is 0 Å². The molecule has 0 nitrogen and oxygen atoms in total. The summed E-state index contributed by atoms with van der Waals surface area (Å²) in [7, 11) is 0. The van der Waals surface area contributed by atoms with Crippen LogP contribution in [0, 0.1) is 6.92 Å². The van der Waals surface area contributed by atoms with Crippen molar-refractivity contribution in [3.8, 4) is 77.9 Å². The summed E-state index contributed by atoms with van der Waals surface area (Å²) in [6.07, 6.45) is 0. The molecule has 0 aromatic heterocycles. The zero-order valence-electron chi connectivity index (χ0n) is 43.3. The lowest BCUT2D eigenvalue weighted by Gasteiger charge is -2.34. The molecule has 0 N–H and O–H groups in total. The molecule has 0 radical (unpaired) electrons. The molecular formula is C78H52. The van der Waals surface area contributed by atoms with Crippen molar-refractivity contribution in [2.24, 2.45) is 0 Å². The number of benzene rings is 14. The Morgan fingerprint density at radius 1 is 0.205 bits per heavy atom. The van der Waals surface area contributed by atoms with E-state index in [0.717, 1.165) is 0 Å². The highest BCUT2D eigenvalue weighted by molar-refractivity contribution is 6.23. The van der Waals surface area contributed by atoms with E-state index in [4.69, 9.17) is 0 Å². The summed E-state index contributed by atoms with van der Waals surface area (Å²) in [6.45, 7) is 2.19. The van der Waals surface area contributed by atoms with E-state index in [1.807, 2.05) is 0 Å². The average Bonchev–Trinajstić information content (AvgIpc) is 4.06. The predicted octanol–water partition coefficient (Wildman–Crippen LogP) is 21.0. The van der Waals surface area contributed by atoms with Gasteiger partial charge in [-0.25, -0.2) is 0 Å². The van der Waals surface area contributed by atoms with Gasteiger partial charge in [0.1, 0.15) is 0 Å². The van der Waals surface area contributed by atoms with Crippen molar-refractivity contribution in [2.45, 2.75) is 12.3 Å². The molecule has 0 fully saturated rings. The summed E-state index contributed by atoms with van der Waals surface area (Å²) in [6, 6.07) is 111. The molecule has 1 aliphatic carbocycles. The second-order valence-electron chi connectivity index (χ2n) is 21.1. The maximum atomic E-state index is 2.49. The zero-order valence-corrected chi connectivity index (χ0v) is 43.3. The second-order valence-corrected chi connectivity index (χ2v) is 21.1. The molecule has 0 saturated carbocycles. The summed E-state index contributed by atoms with van der Waals surface area (Å²) in [5, 5.41) is 10.1. The van der Waals surface area contributed by atoms with Crippen molar-refractivity contribution in [3.63, 3.8) is 0 Å². The van der Waals surface area contributed by atoms with Crippen molar-refractivity contribution in [1.82, 2.24) is 0 Å². The van der Waals surface area contributed by atoms with Crippen LogP contribution in [0.5, 0.6) is 0 Å². The van der Waals surface area contributed by atoms with Crippen LogP contribution < -0.4 is 0 Å². The Morgan fingerprint density at radius 2 is 0.462 bits per heavy atom. The fraction of sp³-hybridized carbons (Fsp3) is 0.0256. The van der Waals surface area contributed by atoms with Crippen LogP contribution in [0.2, 0.25) is 0 Å². The summed E-state index contributed by atoms with van der Waals surface area (Å²) in [5.74, 6) is 0. The van der Waals surface area contributed by atoms with Gasteiger partial charge in [-0.2, -0.15) is 0 Å². The van der Waals surface area contributed by atoms with E-state index < -0.39 is 5.41 Å². The van der Waals surface area contributed by atoms with Crippen LogP contribution in [0.25, 0.3) is 121 Å². The molecular weight excluding hydrogens is 937 g/mol. The first-order valence-electron chi connectivity index (χ1n) is 27.2. The molecule has 0 spiro atoms. The summed E-state index contributed by atoms with van der Waals surface area (Å²) in [5.41, 5.74) is 23.1. The van der Waals surface area contributed by atoms with Gasteiger partial charge in [-0.05, 0) is 162 Å². The van der Waals surface area contributed by atoms with Gasteiger partial charge in [0.15, 0.2) is 0 Å². The molecule has 0 saturated heterocycles. The molecule has 0 unspecified atom stereocenters. The van der Waals surface area contributed by atoms with Gasteiger partial charge in [0.25, 0.3) is 0 Å². The van der Waals surface area contributed by atoms with Crippen LogP contribution in [0.4, 0.5) is 0 Å². The predicted molar refractivity (Wildman–Crippen MR) is 331 cm³/mol. The molecule has 0 amide bonds. The summed E-state index contributed by atoms with van der Waals surface area (Å²) in [4.78, 5) is 0. The van der Waals surface area contributed by atoms with Gasteiger partial charge in [0, 0.05) is 0 Å². The van der Waals surface area contributed by atoms with E-state index in [-0.39, 0.29) is 0 Å². The van der Waals surface area contributed by atoms with Gasteiger partial charge in [-0.3, -0.25) is 0 Å². The Morgan fingerprint density at radius 3 is 0.795 bits per heavy atom. The quantitative estimate of drug-likeness (QED) is 0.133. The summed E-state index contributed by atoms with van der Waals surface area (Å²) < 4.78 is 0. The first-order valence-corrected chi connectivity index (χ1v) is 27.2. The van der Waals surface area contributed by atoms with Gasteiger partial charge in [-0.1, -0.05) is 291 Å². The van der Waals surface area contributed by atoms with Gasteiger partial charge in [0.2, 0.25) is 0 Å². The van der Waals surface area contributed by atoms with Gasteiger partial charge in [0.05, 0.1) is 5.41 Å². The Kier molecular flexibility index (Phi) is 10.8. The third kappa shape index (κ3) is 7.14. The number of hydrogen-bond acceptors (Lipinski definition) is 0. The fourth-order valence-electron chi connectivity index (χ4n) is 13.3. The molecule has 78 heavy (non-hydrogen) atoms. The number of fused-ring (bicyclic) bond motifs is 7. The van der Waals surface area contributed by atoms with Crippen LogP contribution >= 0.6 is 0 Å². The van der Waals surface area contributed by atoms with E-state index in [9.17, 15) is 0 Å². The van der Waals surface area contributed by atoms with Crippen molar-refractivity contribution in [2.75, 3.05) is 0 Å². The zero-order chi connectivity index (χ0) is 51.7. The monoisotopic (exact) mass is 988 g/mol. The first kappa shape index (κ1) is 45.5. The number of rotatable bonds is 8. The van der Waals surface area contributed by atoms with Crippen molar-refractivity contribution >= 4 is 43.1 Å². The van der Waals surface area contributed by atoms with Crippen LogP contribution in [-0.2, 0) is 5.41 Å². The standard InChI is InChI=1S/C78H52/c1-51-33-45-61(46-34-51)78(60-23-9-4-10-24-60)72-49-58(52-35-39-56(40-36-52)76-68-29-15-11-25-64(68)74(54-19-5-2-6-20-54)65-26-12-16-30-69(65)76)43-47-62(72)63-48-44-59(50-73(63)78)53-37-41-57(42-38-53)77-70-31-17-13-27-66(70)75(55-21-7-3-8-22-55)67-28-14-18-32-71(67)77/h2-50H,1H3. The molecule has 364 valence electrons. The van der Waals surface area contributed by atoms with E-state index in [0.29, 0.717) is 0 Å². The van der Waals surface area contributed by atoms with E-state index >= 15 is 0 Å². The maximum Gasteiger partial charge on any atom is 0.0714 e. The molecule has 0 atom stereocenters. The third-order valence-corrected chi connectivity index (χ3v) is 16.8. The number of aryl methyl sites for hydroxylation is 1. The Hall–Kier alpha value is -9.88. The summed E-state index contributed by atoms with van der Waals surface area (Å²) >= 11 is 0. The molecule has 1 aliphatic rings. The van der Waals surface area contributed by atoms with Crippen molar-refractivity contribution in [3.05, 3.63) is 325 Å². The molecule has 0 heterocycles. The smallest absolute Gasteiger partial charge is 0.0622 e. The van der Waals surface area contributed by atoms with Gasteiger partial charge < -0.3 is 0 Å². The Labute approximate surface area is 455 Å². The minimum Gasteiger partial charge on any atom is -0.0622 e. The molecule has 14 aromatic carbocycles. The lowest BCUT2D eigenvalue weighted by Crippen LogP contribution is -2.28. The van der Waals surface area contributed by atoms with Crippen molar-refractivity contribution in [1.29, 1.82) is 0 Å². The highest BCUT2D eigenvalue weighted by Crippen LogP contribution is 2.58. The molecule has 14 aromatic rings. The van der Waals surface area contributed by atoms with Crippen LogP contribution in [0.15, 0.2) is 297 Å². The molecule has 0 aliphatic heterocycles. The molecule has 0 bridgehead atoms. The lowest BCUT2D eigenvalue weighted by atomic mass is 9.67. The van der Waals surface area contributed by atoms with Crippen LogP contribution in [0.3, 0.4) is 0 Å². The van der Waals surface area contributed by atoms with Crippen LogP contribution in [-0.4, -0.2) is 0 Å².